The minimum Gasteiger partial charge on any atom is -0.496 e. The fraction of sp³-hybridized carbons (Fsp3) is 0.286. The minimum absolute atomic E-state index is 0.670. The molecule has 0 unspecified atom stereocenters. The smallest absolute Gasteiger partial charge is 0.138 e. The predicted molar refractivity (Wildman–Crippen MR) is 136 cm³/mol. The number of fused-ring (bicyclic) bond motifs is 2. The summed E-state index contributed by atoms with van der Waals surface area (Å²) < 4.78 is 35.4. The lowest BCUT2D eigenvalue weighted by Crippen LogP contribution is -2.04. The molecule has 0 aromatic heterocycles. The molecule has 4 aromatic rings. The van der Waals surface area contributed by atoms with Crippen LogP contribution in [0.15, 0.2) is 36.4 Å². The molecule has 0 saturated heterocycles. The first-order valence-corrected chi connectivity index (χ1v) is 10.9. The first-order valence-electron chi connectivity index (χ1n) is 10.9. The summed E-state index contributed by atoms with van der Waals surface area (Å²) in [6.45, 7) is 4.04. The maximum atomic E-state index is 6.07. The molecule has 34 heavy (non-hydrogen) atoms. The molecule has 0 N–H and O–H groups in total. The Labute approximate surface area is 199 Å². The van der Waals surface area contributed by atoms with E-state index >= 15 is 0 Å². The molecular formula is C28H30O6. The Balaban J connectivity index is 2.33. The van der Waals surface area contributed by atoms with Crippen molar-refractivity contribution in [1.29, 1.82) is 0 Å². The topological polar surface area (TPSA) is 55.4 Å². The van der Waals surface area contributed by atoms with Crippen LogP contribution in [0.5, 0.6) is 34.5 Å². The van der Waals surface area contributed by atoms with Crippen molar-refractivity contribution in [1.82, 2.24) is 0 Å². The van der Waals surface area contributed by atoms with Crippen molar-refractivity contribution in [3.8, 4) is 45.6 Å². The van der Waals surface area contributed by atoms with Crippen LogP contribution in [-0.2, 0) is 0 Å². The number of hydrogen-bond donors (Lipinski definition) is 0. The van der Waals surface area contributed by atoms with Crippen molar-refractivity contribution in [3.05, 3.63) is 47.5 Å². The first-order chi connectivity index (χ1) is 16.5. The second-order valence-electron chi connectivity index (χ2n) is 7.90. The van der Waals surface area contributed by atoms with Gasteiger partial charge in [0.1, 0.15) is 34.5 Å². The average molecular weight is 463 g/mol. The van der Waals surface area contributed by atoms with E-state index in [0.717, 1.165) is 55.3 Å². The summed E-state index contributed by atoms with van der Waals surface area (Å²) in [4.78, 5) is 0. The zero-order chi connectivity index (χ0) is 24.6. The summed E-state index contributed by atoms with van der Waals surface area (Å²) in [7, 11) is 9.97. The standard InChI is InChI=1S/C28H30O6/c1-15-21(27(33-7)23-17(25(15)31-5)11-9-13-19(23)29-3)22-16(2)26(32-6)18-12-10-14-20(30-4)24(18)28(22)34-8/h9-14H,1-8H3. The van der Waals surface area contributed by atoms with Gasteiger partial charge in [0.2, 0.25) is 0 Å². The van der Waals surface area contributed by atoms with E-state index in [1.807, 2.05) is 50.2 Å². The van der Waals surface area contributed by atoms with Gasteiger partial charge < -0.3 is 28.4 Å². The largest absolute Gasteiger partial charge is 0.496 e. The molecule has 0 aliphatic heterocycles. The second kappa shape index (κ2) is 9.21. The maximum absolute atomic E-state index is 6.07. The molecule has 6 heteroatoms. The highest BCUT2D eigenvalue weighted by Crippen LogP contribution is 2.55. The lowest BCUT2D eigenvalue weighted by atomic mass is 9.87. The van der Waals surface area contributed by atoms with Crippen molar-refractivity contribution in [2.75, 3.05) is 42.7 Å². The van der Waals surface area contributed by atoms with Gasteiger partial charge in [-0.25, -0.2) is 0 Å². The van der Waals surface area contributed by atoms with Gasteiger partial charge >= 0.3 is 0 Å². The molecule has 0 bridgehead atoms. The summed E-state index contributed by atoms with van der Waals surface area (Å²) in [5, 5.41) is 3.46. The normalized spacial score (nSPS) is 10.9. The van der Waals surface area contributed by atoms with Gasteiger partial charge in [0.15, 0.2) is 0 Å². The maximum Gasteiger partial charge on any atom is 0.138 e. The zero-order valence-corrected chi connectivity index (χ0v) is 20.9. The Morgan fingerprint density at radius 1 is 0.441 bits per heavy atom. The van der Waals surface area contributed by atoms with Gasteiger partial charge in [0, 0.05) is 33.0 Å². The van der Waals surface area contributed by atoms with Crippen molar-refractivity contribution in [3.63, 3.8) is 0 Å². The van der Waals surface area contributed by atoms with Crippen molar-refractivity contribution in [2.24, 2.45) is 0 Å². The molecule has 0 fully saturated rings. The predicted octanol–water partition coefficient (Wildman–Crippen LogP) is 6.33. The van der Waals surface area contributed by atoms with E-state index in [9.17, 15) is 0 Å². The number of benzene rings is 4. The van der Waals surface area contributed by atoms with Gasteiger partial charge in [-0.3, -0.25) is 0 Å². The molecule has 6 nitrogen and oxygen atoms in total. The van der Waals surface area contributed by atoms with Crippen LogP contribution < -0.4 is 28.4 Å². The van der Waals surface area contributed by atoms with Gasteiger partial charge in [0.25, 0.3) is 0 Å². The Kier molecular flexibility index (Phi) is 6.33. The van der Waals surface area contributed by atoms with Crippen LogP contribution in [0.2, 0.25) is 0 Å². The Morgan fingerprint density at radius 2 is 0.794 bits per heavy atom. The summed E-state index contributed by atoms with van der Waals surface area (Å²) in [6, 6.07) is 11.7. The third-order valence-corrected chi connectivity index (χ3v) is 6.39. The van der Waals surface area contributed by atoms with Crippen molar-refractivity contribution in [2.45, 2.75) is 13.8 Å². The molecule has 178 valence electrons. The molecule has 0 aliphatic carbocycles. The highest BCUT2D eigenvalue weighted by atomic mass is 16.5. The summed E-state index contributed by atoms with van der Waals surface area (Å²) in [5.74, 6) is 4.20. The molecule has 0 spiro atoms. The van der Waals surface area contributed by atoms with E-state index in [1.165, 1.54) is 0 Å². The van der Waals surface area contributed by atoms with Crippen LogP contribution in [0.1, 0.15) is 11.1 Å². The monoisotopic (exact) mass is 462 g/mol. The fourth-order valence-electron chi connectivity index (χ4n) is 5.01. The Morgan fingerprint density at radius 3 is 1.09 bits per heavy atom. The summed E-state index contributed by atoms with van der Waals surface area (Å²) in [6.07, 6.45) is 0. The summed E-state index contributed by atoms with van der Waals surface area (Å²) >= 11 is 0. The zero-order valence-electron chi connectivity index (χ0n) is 20.9. The molecule has 0 saturated carbocycles. The second-order valence-corrected chi connectivity index (χ2v) is 7.90. The van der Waals surface area contributed by atoms with Crippen LogP contribution in [0.4, 0.5) is 0 Å². The summed E-state index contributed by atoms with van der Waals surface area (Å²) in [5.41, 5.74) is 3.52. The van der Waals surface area contributed by atoms with Gasteiger partial charge in [-0.05, 0) is 26.0 Å². The van der Waals surface area contributed by atoms with E-state index in [1.54, 1.807) is 42.7 Å². The molecule has 0 atom stereocenters. The van der Waals surface area contributed by atoms with Crippen LogP contribution in [0.25, 0.3) is 32.7 Å². The third-order valence-electron chi connectivity index (χ3n) is 6.39. The highest BCUT2D eigenvalue weighted by molar-refractivity contribution is 6.10. The molecule has 0 amide bonds. The molecule has 4 aromatic carbocycles. The molecule has 0 radical (unpaired) electrons. The van der Waals surface area contributed by atoms with E-state index < -0.39 is 0 Å². The van der Waals surface area contributed by atoms with Gasteiger partial charge in [0.05, 0.1) is 53.4 Å². The number of methoxy groups -OCH3 is 6. The van der Waals surface area contributed by atoms with E-state index in [0.29, 0.717) is 23.0 Å². The minimum atomic E-state index is 0.670. The van der Waals surface area contributed by atoms with Gasteiger partial charge in [-0.1, -0.05) is 24.3 Å². The average Bonchev–Trinajstić information content (AvgIpc) is 2.86. The number of hydrogen-bond acceptors (Lipinski definition) is 6. The lowest BCUT2D eigenvalue weighted by molar-refractivity contribution is 0.396. The van der Waals surface area contributed by atoms with Gasteiger partial charge in [-0.2, -0.15) is 0 Å². The molecular weight excluding hydrogens is 432 g/mol. The Hall–Kier alpha value is -3.80. The van der Waals surface area contributed by atoms with Crippen molar-refractivity contribution >= 4 is 21.5 Å². The van der Waals surface area contributed by atoms with E-state index in [2.05, 4.69) is 0 Å². The molecule has 4 rings (SSSR count). The van der Waals surface area contributed by atoms with Crippen LogP contribution in [0, 0.1) is 13.8 Å². The first kappa shape index (κ1) is 23.4. The lowest BCUT2D eigenvalue weighted by Gasteiger charge is -2.25. The van der Waals surface area contributed by atoms with Crippen molar-refractivity contribution < 1.29 is 28.4 Å². The number of rotatable bonds is 7. The molecule has 0 aliphatic rings. The Bertz CT molecular complexity index is 1280. The van der Waals surface area contributed by atoms with Gasteiger partial charge in [-0.15, -0.1) is 0 Å². The van der Waals surface area contributed by atoms with Crippen LogP contribution >= 0.6 is 0 Å². The third kappa shape index (κ3) is 3.24. The van der Waals surface area contributed by atoms with Crippen LogP contribution in [0.3, 0.4) is 0 Å². The van der Waals surface area contributed by atoms with E-state index in [-0.39, 0.29) is 0 Å². The number of ether oxygens (including phenoxy) is 6. The SMILES string of the molecule is COc1c(C)c(-c2c(C)c(OC)c3cccc(OC)c3c2OC)c(OC)c2c(OC)cccc12. The quantitative estimate of drug-likeness (QED) is 0.320. The van der Waals surface area contributed by atoms with E-state index in [4.69, 9.17) is 28.4 Å². The van der Waals surface area contributed by atoms with Crippen LogP contribution in [-0.4, -0.2) is 42.7 Å². The highest BCUT2D eigenvalue weighted by Gasteiger charge is 2.29. The fourth-order valence-corrected chi connectivity index (χ4v) is 5.01. The molecule has 0 heterocycles.